The third-order valence-electron chi connectivity index (χ3n) is 4.49. The predicted molar refractivity (Wildman–Crippen MR) is 106 cm³/mol. The summed E-state index contributed by atoms with van der Waals surface area (Å²) in [5.41, 5.74) is -0.516. The standard InChI is InChI=1S/C21H12F4N4O2/c22-16-10-9-14(29(30)31)11-18(16)27-20-15-3-1-2-4-17(15)26-19(28-20)12-5-7-13(8-6-12)21(23,24)25/h1-11H,(H,26,27,28). The zero-order valence-electron chi connectivity index (χ0n) is 15.5. The molecular formula is C21H12F4N4O2. The molecule has 3 aromatic carbocycles. The van der Waals surface area contributed by atoms with E-state index in [0.717, 1.165) is 30.3 Å². The lowest BCUT2D eigenvalue weighted by molar-refractivity contribution is -0.384. The predicted octanol–water partition coefficient (Wildman–Crippen LogP) is 6.11. The van der Waals surface area contributed by atoms with E-state index >= 15 is 0 Å². The maximum atomic E-state index is 14.3. The number of alkyl halides is 3. The van der Waals surface area contributed by atoms with Gasteiger partial charge in [-0.05, 0) is 30.3 Å². The molecule has 31 heavy (non-hydrogen) atoms. The molecule has 1 aromatic heterocycles. The number of aromatic nitrogens is 2. The van der Waals surface area contributed by atoms with Crippen molar-refractivity contribution in [2.75, 3.05) is 5.32 Å². The van der Waals surface area contributed by atoms with E-state index in [-0.39, 0.29) is 23.0 Å². The van der Waals surface area contributed by atoms with E-state index in [1.54, 1.807) is 24.3 Å². The van der Waals surface area contributed by atoms with Crippen LogP contribution in [-0.4, -0.2) is 14.9 Å². The highest BCUT2D eigenvalue weighted by Gasteiger charge is 2.30. The minimum Gasteiger partial charge on any atom is -0.337 e. The summed E-state index contributed by atoms with van der Waals surface area (Å²) >= 11 is 0. The molecule has 10 heteroatoms. The summed E-state index contributed by atoms with van der Waals surface area (Å²) in [6.07, 6.45) is -4.48. The van der Waals surface area contributed by atoms with Gasteiger partial charge in [0.05, 0.1) is 21.7 Å². The highest BCUT2D eigenvalue weighted by Crippen LogP contribution is 2.32. The van der Waals surface area contributed by atoms with E-state index in [2.05, 4.69) is 15.3 Å². The summed E-state index contributed by atoms with van der Waals surface area (Å²) in [6, 6.07) is 14.1. The van der Waals surface area contributed by atoms with Gasteiger partial charge >= 0.3 is 6.18 Å². The first-order valence-electron chi connectivity index (χ1n) is 8.88. The highest BCUT2D eigenvalue weighted by molar-refractivity contribution is 5.92. The number of nitrogens with one attached hydrogen (secondary N) is 1. The van der Waals surface area contributed by atoms with Gasteiger partial charge in [0.1, 0.15) is 11.6 Å². The molecule has 6 nitrogen and oxygen atoms in total. The Kier molecular flexibility index (Phi) is 4.97. The van der Waals surface area contributed by atoms with Crippen molar-refractivity contribution in [1.29, 1.82) is 0 Å². The van der Waals surface area contributed by atoms with Crippen LogP contribution in [0.25, 0.3) is 22.3 Å². The number of fused-ring (bicyclic) bond motifs is 1. The number of nitrogens with zero attached hydrogens (tertiary/aromatic N) is 3. The van der Waals surface area contributed by atoms with Gasteiger partial charge in [-0.2, -0.15) is 13.2 Å². The third kappa shape index (κ3) is 4.13. The van der Waals surface area contributed by atoms with Crippen LogP contribution in [0.1, 0.15) is 5.56 Å². The number of benzene rings is 3. The van der Waals surface area contributed by atoms with Crippen LogP contribution in [0, 0.1) is 15.9 Å². The molecule has 1 heterocycles. The quantitative estimate of drug-likeness (QED) is 0.241. The second-order valence-corrected chi connectivity index (χ2v) is 6.53. The molecule has 0 aliphatic rings. The maximum Gasteiger partial charge on any atom is 0.416 e. The average molecular weight is 428 g/mol. The Morgan fingerprint density at radius 2 is 1.65 bits per heavy atom. The number of anilines is 2. The number of nitro groups is 1. The normalized spacial score (nSPS) is 11.5. The van der Waals surface area contributed by atoms with Crippen LogP contribution in [-0.2, 0) is 6.18 Å². The van der Waals surface area contributed by atoms with Crippen molar-refractivity contribution in [3.8, 4) is 11.4 Å². The molecule has 0 fully saturated rings. The Morgan fingerprint density at radius 3 is 2.32 bits per heavy atom. The van der Waals surface area contributed by atoms with Gasteiger partial charge in [0, 0.05) is 23.1 Å². The molecular weight excluding hydrogens is 416 g/mol. The van der Waals surface area contributed by atoms with E-state index in [1.807, 2.05) is 0 Å². The maximum absolute atomic E-state index is 14.3. The largest absolute Gasteiger partial charge is 0.416 e. The number of nitro benzene ring substituents is 1. The summed E-state index contributed by atoms with van der Waals surface area (Å²) in [5.74, 6) is -0.468. The van der Waals surface area contributed by atoms with Gasteiger partial charge < -0.3 is 5.32 Å². The van der Waals surface area contributed by atoms with Crippen molar-refractivity contribution in [2.24, 2.45) is 0 Å². The summed E-state index contributed by atoms with van der Waals surface area (Å²) < 4.78 is 52.8. The number of para-hydroxylation sites is 1. The van der Waals surface area contributed by atoms with Gasteiger partial charge in [0.15, 0.2) is 5.82 Å². The zero-order valence-corrected chi connectivity index (χ0v) is 15.5. The van der Waals surface area contributed by atoms with Crippen LogP contribution in [0.15, 0.2) is 66.7 Å². The number of non-ortho nitro benzene ring substituents is 1. The fourth-order valence-corrected chi connectivity index (χ4v) is 2.96. The minimum atomic E-state index is -4.48. The monoisotopic (exact) mass is 428 g/mol. The van der Waals surface area contributed by atoms with Crippen molar-refractivity contribution in [1.82, 2.24) is 9.97 Å². The Bertz CT molecular complexity index is 1290. The van der Waals surface area contributed by atoms with Crippen LogP contribution < -0.4 is 5.32 Å². The van der Waals surface area contributed by atoms with E-state index < -0.39 is 22.5 Å². The third-order valence-corrected chi connectivity index (χ3v) is 4.49. The first-order chi connectivity index (χ1) is 14.7. The lowest BCUT2D eigenvalue weighted by Gasteiger charge is -2.12. The molecule has 0 aliphatic heterocycles. The van der Waals surface area contributed by atoms with Gasteiger partial charge in [-0.3, -0.25) is 10.1 Å². The average Bonchev–Trinajstić information content (AvgIpc) is 2.74. The van der Waals surface area contributed by atoms with Crippen molar-refractivity contribution >= 4 is 28.1 Å². The van der Waals surface area contributed by atoms with Gasteiger partial charge in [-0.15, -0.1) is 0 Å². The first-order valence-corrected chi connectivity index (χ1v) is 8.88. The van der Waals surface area contributed by atoms with E-state index in [1.165, 1.54) is 12.1 Å². The topological polar surface area (TPSA) is 81.0 Å². The number of rotatable bonds is 4. The van der Waals surface area contributed by atoms with Crippen LogP contribution in [0.2, 0.25) is 0 Å². The number of hydrogen-bond acceptors (Lipinski definition) is 5. The fourth-order valence-electron chi connectivity index (χ4n) is 2.96. The Morgan fingerprint density at radius 1 is 0.935 bits per heavy atom. The van der Waals surface area contributed by atoms with Gasteiger partial charge in [0.2, 0.25) is 0 Å². The molecule has 0 amide bonds. The van der Waals surface area contributed by atoms with Crippen LogP contribution >= 0.6 is 0 Å². The molecule has 0 aliphatic carbocycles. The SMILES string of the molecule is O=[N+]([O-])c1ccc(F)c(Nc2nc(-c3ccc(C(F)(F)F)cc3)nc3ccccc23)c1. The summed E-state index contributed by atoms with van der Waals surface area (Å²) in [5, 5.41) is 14.3. The van der Waals surface area contributed by atoms with E-state index in [4.69, 9.17) is 0 Å². The minimum absolute atomic E-state index is 0.112. The Balaban J connectivity index is 1.81. The lowest BCUT2D eigenvalue weighted by Crippen LogP contribution is -2.04. The van der Waals surface area contributed by atoms with Crippen molar-refractivity contribution < 1.29 is 22.5 Å². The molecule has 0 saturated heterocycles. The van der Waals surface area contributed by atoms with Gasteiger partial charge in [0.25, 0.3) is 5.69 Å². The second kappa shape index (κ2) is 7.63. The van der Waals surface area contributed by atoms with E-state index in [9.17, 15) is 27.7 Å². The molecule has 0 bridgehead atoms. The molecule has 0 unspecified atom stereocenters. The Labute approximate surface area is 172 Å². The molecule has 4 rings (SSSR count). The number of hydrogen-bond donors (Lipinski definition) is 1. The highest BCUT2D eigenvalue weighted by atomic mass is 19.4. The molecule has 0 radical (unpaired) electrons. The van der Waals surface area contributed by atoms with Crippen molar-refractivity contribution in [2.45, 2.75) is 6.18 Å². The lowest BCUT2D eigenvalue weighted by atomic mass is 10.1. The zero-order chi connectivity index (χ0) is 22.2. The summed E-state index contributed by atoms with van der Waals surface area (Å²) in [6.45, 7) is 0. The molecule has 156 valence electrons. The molecule has 4 aromatic rings. The molecule has 0 spiro atoms. The smallest absolute Gasteiger partial charge is 0.337 e. The summed E-state index contributed by atoms with van der Waals surface area (Å²) in [7, 11) is 0. The van der Waals surface area contributed by atoms with Crippen LogP contribution in [0.5, 0.6) is 0 Å². The molecule has 1 N–H and O–H groups in total. The summed E-state index contributed by atoms with van der Waals surface area (Å²) in [4.78, 5) is 19.1. The van der Waals surface area contributed by atoms with Crippen LogP contribution in [0.4, 0.5) is 34.8 Å². The first kappa shape index (κ1) is 20.2. The molecule has 0 atom stereocenters. The molecule has 0 saturated carbocycles. The Hall–Kier alpha value is -4.08. The van der Waals surface area contributed by atoms with Crippen molar-refractivity contribution in [3.63, 3.8) is 0 Å². The second-order valence-electron chi connectivity index (χ2n) is 6.53. The van der Waals surface area contributed by atoms with Crippen LogP contribution in [0.3, 0.4) is 0 Å². The van der Waals surface area contributed by atoms with Crippen molar-refractivity contribution in [3.05, 3.63) is 88.2 Å². The fraction of sp³-hybridized carbons (Fsp3) is 0.0476. The van der Waals surface area contributed by atoms with Gasteiger partial charge in [-0.25, -0.2) is 14.4 Å². The van der Waals surface area contributed by atoms with E-state index in [0.29, 0.717) is 16.5 Å². The number of halogens is 4. The van der Waals surface area contributed by atoms with Gasteiger partial charge in [-0.1, -0.05) is 24.3 Å².